The third-order valence-corrected chi connectivity index (χ3v) is 2.90. The standard InChI is InChI=1S/C13H18F3NO/c1-10(2)11(13(14,15)16)6-7-12(18)17-8-4-3-5-9-17/h6-7H,3-5,8-9H2,1-2H3/b7-6+. The summed E-state index contributed by atoms with van der Waals surface area (Å²) < 4.78 is 37.9. The maximum atomic E-state index is 12.6. The summed E-state index contributed by atoms with van der Waals surface area (Å²) in [6, 6.07) is 0. The van der Waals surface area contributed by atoms with Gasteiger partial charge in [0.25, 0.3) is 0 Å². The van der Waals surface area contributed by atoms with Gasteiger partial charge in [0.15, 0.2) is 0 Å². The van der Waals surface area contributed by atoms with E-state index in [2.05, 4.69) is 0 Å². The summed E-state index contributed by atoms with van der Waals surface area (Å²) in [5, 5.41) is 0. The van der Waals surface area contributed by atoms with Gasteiger partial charge in [-0.25, -0.2) is 0 Å². The molecule has 0 radical (unpaired) electrons. The Balaban J connectivity index is 2.72. The van der Waals surface area contributed by atoms with Crippen molar-refractivity contribution in [3.05, 3.63) is 23.3 Å². The summed E-state index contributed by atoms with van der Waals surface area (Å²) in [4.78, 5) is 13.3. The highest BCUT2D eigenvalue weighted by Crippen LogP contribution is 2.29. The van der Waals surface area contributed by atoms with Gasteiger partial charge in [0, 0.05) is 19.2 Å². The van der Waals surface area contributed by atoms with Crippen molar-refractivity contribution >= 4 is 5.91 Å². The minimum absolute atomic E-state index is 0.158. The van der Waals surface area contributed by atoms with Crippen LogP contribution in [-0.2, 0) is 4.79 Å². The smallest absolute Gasteiger partial charge is 0.339 e. The summed E-state index contributed by atoms with van der Waals surface area (Å²) >= 11 is 0. The fraction of sp³-hybridized carbons (Fsp3) is 0.615. The molecule has 0 aromatic rings. The van der Waals surface area contributed by atoms with E-state index in [1.165, 1.54) is 13.8 Å². The molecule has 1 fully saturated rings. The molecule has 0 atom stereocenters. The maximum absolute atomic E-state index is 12.6. The van der Waals surface area contributed by atoms with Crippen LogP contribution >= 0.6 is 0 Å². The van der Waals surface area contributed by atoms with E-state index < -0.39 is 11.7 Å². The molecule has 1 heterocycles. The number of likely N-dealkylation sites (tertiary alicyclic amines) is 1. The molecular weight excluding hydrogens is 243 g/mol. The van der Waals surface area contributed by atoms with Crippen LogP contribution in [0.3, 0.4) is 0 Å². The second kappa shape index (κ2) is 6.07. The van der Waals surface area contributed by atoms with Crippen LogP contribution in [-0.4, -0.2) is 30.1 Å². The Morgan fingerprint density at radius 1 is 1.06 bits per heavy atom. The topological polar surface area (TPSA) is 20.3 Å². The number of alkyl halides is 3. The Hall–Kier alpha value is -1.26. The molecule has 0 aromatic heterocycles. The predicted octanol–water partition coefficient (Wildman–Crippen LogP) is 3.45. The number of carbonyl (C=O) groups is 1. The van der Waals surface area contributed by atoms with Crippen molar-refractivity contribution in [3.63, 3.8) is 0 Å². The van der Waals surface area contributed by atoms with Crippen LogP contribution in [0.1, 0.15) is 33.1 Å². The van der Waals surface area contributed by atoms with Crippen molar-refractivity contribution in [2.24, 2.45) is 0 Å². The molecule has 0 aromatic carbocycles. The Morgan fingerprint density at radius 2 is 1.61 bits per heavy atom. The minimum Gasteiger partial charge on any atom is -0.339 e. The average Bonchev–Trinajstić information content (AvgIpc) is 2.28. The highest BCUT2D eigenvalue weighted by atomic mass is 19.4. The van der Waals surface area contributed by atoms with E-state index in [0.717, 1.165) is 31.4 Å². The molecule has 18 heavy (non-hydrogen) atoms. The van der Waals surface area contributed by atoms with Gasteiger partial charge in [0.05, 0.1) is 5.57 Å². The number of piperidine rings is 1. The molecule has 1 saturated heterocycles. The largest absolute Gasteiger partial charge is 0.416 e. The molecule has 1 rings (SSSR count). The van der Waals surface area contributed by atoms with Gasteiger partial charge >= 0.3 is 6.18 Å². The molecular formula is C13H18F3NO. The van der Waals surface area contributed by atoms with Crippen LogP contribution in [0, 0.1) is 0 Å². The predicted molar refractivity (Wildman–Crippen MR) is 64.0 cm³/mol. The quantitative estimate of drug-likeness (QED) is 0.550. The number of allylic oxidation sites excluding steroid dienone is 3. The Kier molecular flexibility index (Phi) is 4.99. The summed E-state index contributed by atoms with van der Waals surface area (Å²) in [5.74, 6) is -0.335. The highest BCUT2D eigenvalue weighted by molar-refractivity contribution is 5.88. The van der Waals surface area contributed by atoms with Crippen LogP contribution < -0.4 is 0 Å². The summed E-state index contributed by atoms with van der Waals surface area (Å²) in [7, 11) is 0. The fourth-order valence-electron chi connectivity index (χ4n) is 1.92. The lowest BCUT2D eigenvalue weighted by Crippen LogP contribution is -2.34. The summed E-state index contributed by atoms with van der Waals surface area (Å²) in [6.07, 6.45) is 0.433. The van der Waals surface area contributed by atoms with Crippen LogP contribution in [0.2, 0.25) is 0 Å². The van der Waals surface area contributed by atoms with Crippen LogP contribution in [0.25, 0.3) is 0 Å². The second-order valence-electron chi connectivity index (χ2n) is 4.63. The number of rotatable bonds is 2. The van der Waals surface area contributed by atoms with Crippen molar-refractivity contribution in [3.8, 4) is 0 Å². The first-order valence-corrected chi connectivity index (χ1v) is 6.04. The van der Waals surface area contributed by atoms with Crippen molar-refractivity contribution in [1.29, 1.82) is 0 Å². The SMILES string of the molecule is CC(C)=C(/C=C/C(=O)N1CCCCC1)C(F)(F)F. The van der Waals surface area contributed by atoms with Gasteiger partial charge in [-0.3, -0.25) is 4.79 Å². The Bertz CT molecular complexity index is 359. The molecule has 2 nitrogen and oxygen atoms in total. The van der Waals surface area contributed by atoms with Crippen molar-refractivity contribution < 1.29 is 18.0 Å². The third-order valence-electron chi connectivity index (χ3n) is 2.90. The molecule has 1 amide bonds. The number of amides is 1. The normalized spacial score (nSPS) is 17.1. The molecule has 0 bridgehead atoms. The first-order chi connectivity index (χ1) is 8.32. The summed E-state index contributed by atoms with van der Waals surface area (Å²) in [5.41, 5.74) is -0.585. The molecule has 0 aliphatic carbocycles. The number of nitrogens with zero attached hydrogens (tertiary/aromatic N) is 1. The zero-order valence-corrected chi connectivity index (χ0v) is 10.7. The lowest BCUT2D eigenvalue weighted by Gasteiger charge is -2.25. The van der Waals surface area contributed by atoms with E-state index >= 15 is 0 Å². The highest BCUT2D eigenvalue weighted by Gasteiger charge is 2.32. The second-order valence-corrected chi connectivity index (χ2v) is 4.63. The molecule has 102 valence electrons. The number of halogens is 3. The van der Waals surface area contributed by atoms with Gasteiger partial charge in [-0.05, 0) is 39.2 Å². The molecule has 0 saturated carbocycles. The monoisotopic (exact) mass is 261 g/mol. The Morgan fingerprint density at radius 3 is 2.06 bits per heavy atom. The van der Waals surface area contributed by atoms with Gasteiger partial charge in [-0.15, -0.1) is 0 Å². The Labute approximate surface area is 105 Å². The number of hydrogen-bond acceptors (Lipinski definition) is 1. The first kappa shape index (κ1) is 14.8. The van der Waals surface area contributed by atoms with E-state index in [1.807, 2.05) is 0 Å². The average molecular weight is 261 g/mol. The van der Waals surface area contributed by atoms with E-state index in [0.29, 0.717) is 13.1 Å². The number of hydrogen-bond donors (Lipinski definition) is 0. The van der Waals surface area contributed by atoms with E-state index in [1.54, 1.807) is 4.90 Å². The van der Waals surface area contributed by atoms with Crippen LogP contribution in [0.5, 0.6) is 0 Å². The van der Waals surface area contributed by atoms with Gasteiger partial charge < -0.3 is 4.90 Å². The molecule has 0 spiro atoms. The molecule has 0 unspecified atom stereocenters. The van der Waals surface area contributed by atoms with Crippen molar-refractivity contribution in [2.45, 2.75) is 39.3 Å². The zero-order chi connectivity index (χ0) is 13.8. The molecule has 1 aliphatic heterocycles. The number of carbonyl (C=O) groups excluding carboxylic acids is 1. The van der Waals surface area contributed by atoms with Gasteiger partial charge in [-0.2, -0.15) is 13.2 Å². The molecule has 5 heteroatoms. The van der Waals surface area contributed by atoms with Gasteiger partial charge in [0.2, 0.25) is 5.91 Å². The van der Waals surface area contributed by atoms with Crippen LogP contribution in [0.4, 0.5) is 13.2 Å². The lowest BCUT2D eigenvalue weighted by atomic mass is 10.1. The van der Waals surface area contributed by atoms with E-state index in [4.69, 9.17) is 0 Å². The minimum atomic E-state index is -4.41. The van der Waals surface area contributed by atoms with Crippen molar-refractivity contribution in [1.82, 2.24) is 4.90 Å². The fourth-order valence-corrected chi connectivity index (χ4v) is 1.92. The zero-order valence-electron chi connectivity index (χ0n) is 10.7. The maximum Gasteiger partial charge on any atom is 0.416 e. The van der Waals surface area contributed by atoms with Crippen LogP contribution in [0.15, 0.2) is 23.3 Å². The van der Waals surface area contributed by atoms with Gasteiger partial charge in [-0.1, -0.05) is 5.57 Å². The van der Waals surface area contributed by atoms with E-state index in [9.17, 15) is 18.0 Å². The molecule has 1 aliphatic rings. The molecule has 0 N–H and O–H groups in total. The third kappa shape index (κ3) is 4.20. The first-order valence-electron chi connectivity index (χ1n) is 6.04. The van der Waals surface area contributed by atoms with Gasteiger partial charge in [0.1, 0.15) is 0 Å². The summed E-state index contributed by atoms with van der Waals surface area (Å²) in [6.45, 7) is 4.05. The lowest BCUT2D eigenvalue weighted by molar-refractivity contribution is -0.126. The van der Waals surface area contributed by atoms with E-state index in [-0.39, 0.29) is 11.5 Å². The van der Waals surface area contributed by atoms with Crippen molar-refractivity contribution in [2.75, 3.05) is 13.1 Å².